The molecule has 0 N–H and O–H groups in total. The topological polar surface area (TPSA) is 9.23 Å². The number of benzene rings is 2. The van der Waals surface area contributed by atoms with Crippen molar-refractivity contribution >= 4 is 0 Å². The molecule has 0 spiro atoms. The van der Waals surface area contributed by atoms with Gasteiger partial charge in [-0.2, -0.15) is 0 Å². The van der Waals surface area contributed by atoms with E-state index in [1.165, 1.54) is 43.2 Å². The van der Waals surface area contributed by atoms with E-state index in [9.17, 15) is 4.39 Å². The summed E-state index contributed by atoms with van der Waals surface area (Å²) in [5.41, 5.74) is 4.03. The predicted molar refractivity (Wildman–Crippen MR) is 102 cm³/mol. The minimum absolute atomic E-state index is 0.0939. The van der Waals surface area contributed by atoms with E-state index in [1.54, 1.807) is 13.2 Å². The molecule has 0 radical (unpaired) electrons. The predicted octanol–water partition coefficient (Wildman–Crippen LogP) is 6.50. The van der Waals surface area contributed by atoms with Gasteiger partial charge in [0.05, 0.1) is 0 Å². The van der Waals surface area contributed by atoms with E-state index < -0.39 is 0 Å². The van der Waals surface area contributed by atoms with E-state index >= 15 is 0 Å². The zero-order valence-electron chi connectivity index (χ0n) is 15.4. The number of hydrogen-bond acceptors (Lipinski definition) is 1. The van der Waals surface area contributed by atoms with Crippen molar-refractivity contribution in [1.29, 1.82) is 0 Å². The molecule has 0 atom stereocenters. The Kier molecular flexibility index (Phi) is 6.25. The number of methoxy groups -OCH3 is 1. The van der Waals surface area contributed by atoms with Gasteiger partial charge in [0.1, 0.15) is 5.82 Å². The van der Waals surface area contributed by atoms with Crippen LogP contribution < -0.4 is 0 Å². The van der Waals surface area contributed by atoms with Crippen molar-refractivity contribution in [3.8, 4) is 11.1 Å². The lowest BCUT2D eigenvalue weighted by Gasteiger charge is -2.29. The van der Waals surface area contributed by atoms with Crippen LogP contribution in [0.25, 0.3) is 11.1 Å². The van der Waals surface area contributed by atoms with Gasteiger partial charge in [0, 0.05) is 19.3 Å². The molecule has 25 heavy (non-hydrogen) atoms. The van der Waals surface area contributed by atoms with Crippen molar-refractivity contribution in [1.82, 2.24) is 0 Å². The molecule has 0 saturated heterocycles. The van der Waals surface area contributed by atoms with Crippen molar-refractivity contribution in [3.63, 3.8) is 0 Å². The van der Waals surface area contributed by atoms with Gasteiger partial charge in [-0.3, -0.25) is 0 Å². The summed E-state index contributed by atoms with van der Waals surface area (Å²) in [7, 11) is 1.77. The second kappa shape index (κ2) is 8.62. The first kappa shape index (κ1) is 18.1. The van der Waals surface area contributed by atoms with Crippen LogP contribution in [-0.4, -0.2) is 13.7 Å². The molecule has 0 aromatic heterocycles. The molecule has 1 fully saturated rings. The molecule has 3 rings (SSSR count). The second-order valence-corrected chi connectivity index (χ2v) is 7.46. The normalized spacial score (nSPS) is 20.6. The summed E-state index contributed by atoms with van der Waals surface area (Å²) in [6, 6.07) is 13.9. The Balaban J connectivity index is 1.63. The SMILES string of the molecule is COCCCC1CCC(c2ccc(-c3ccc(C)cc3)c(F)c2)CC1. The summed E-state index contributed by atoms with van der Waals surface area (Å²) in [6.45, 7) is 2.92. The van der Waals surface area contributed by atoms with Gasteiger partial charge in [0.25, 0.3) is 0 Å². The fraction of sp³-hybridized carbons (Fsp3) is 0.478. The van der Waals surface area contributed by atoms with Gasteiger partial charge in [-0.05, 0) is 74.5 Å². The van der Waals surface area contributed by atoms with Gasteiger partial charge in [-0.15, -0.1) is 0 Å². The maximum Gasteiger partial charge on any atom is 0.131 e. The van der Waals surface area contributed by atoms with Gasteiger partial charge in [0.2, 0.25) is 0 Å². The Bertz CT molecular complexity index is 669. The molecule has 0 heterocycles. The molecule has 0 bridgehead atoms. The third-order valence-corrected chi connectivity index (χ3v) is 5.63. The standard InChI is InChI=1S/C23H29FO/c1-17-5-9-20(10-6-17)22-14-13-21(16-23(22)24)19-11-7-18(8-12-19)4-3-15-25-2/h5-6,9-10,13-14,16,18-19H,3-4,7-8,11-12,15H2,1-2H3. The summed E-state index contributed by atoms with van der Waals surface area (Å²) in [5.74, 6) is 1.24. The van der Waals surface area contributed by atoms with Crippen LogP contribution in [0.3, 0.4) is 0 Å². The Morgan fingerprint density at radius 2 is 1.72 bits per heavy atom. The van der Waals surface area contributed by atoms with Gasteiger partial charge < -0.3 is 4.74 Å². The molecule has 2 heteroatoms. The van der Waals surface area contributed by atoms with Crippen LogP contribution in [0.1, 0.15) is 55.6 Å². The second-order valence-electron chi connectivity index (χ2n) is 7.46. The number of halogens is 1. The Morgan fingerprint density at radius 3 is 2.36 bits per heavy atom. The number of rotatable bonds is 6. The molecule has 0 amide bonds. The van der Waals surface area contributed by atoms with Crippen molar-refractivity contribution in [2.45, 2.75) is 51.4 Å². The molecule has 0 unspecified atom stereocenters. The number of aryl methyl sites for hydroxylation is 1. The van der Waals surface area contributed by atoms with Crippen molar-refractivity contribution in [2.75, 3.05) is 13.7 Å². The third-order valence-electron chi connectivity index (χ3n) is 5.63. The Hall–Kier alpha value is -1.67. The van der Waals surface area contributed by atoms with E-state index in [-0.39, 0.29) is 5.82 Å². The number of ether oxygens (including phenoxy) is 1. The van der Waals surface area contributed by atoms with Crippen LogP contribution in [0.4, 0.5) is 4.39 Å². The van der Waals surface area contributed by atoms with Gasteiger partial charge in [-0.1, -0.05) is 42.0 Å². The number of hydrogen-bond donors (Lipinski definition) is 0. The Labute approximate surface area is 151 Å². The van der Waals surface area contributed by atoms with E-state index in [4.69, 9.17) is 4.74 Å². The molecule has 0 aliphatic heterocycles. The average Bonchev–Trinajstić information content (AvgIpc) is 2.63. The first-order valence-corrected chi connectivity index (χ1v) is 9.53. The molecule has 2 aromatic rings. The van der Waals surface area contributed by atoms with Crippen molar-refractivity contribution in [2.24, 2.45) is 5.92 Å². The molecule has 1 aliphatic carbocycles. The third kappa shape index (κ3) is 4.70. The fourth-order valence-electron chi connectivity index (χ4n) is 4.05. The van der Waals surface area contributed by atoms with E-state index in [0.29, 0.717) is 11.5 Å². The summed E-state index contributed by atoms with van der Waals surface area (Å²) in [4.78, 5) is 0. The van der Waals surface area contributed by atoms with Gasteiger partial charge in [-0.25, -0.2) is 4.39 Å². The van der Waals surface area contributed by atoms with Gasteiger partial charge in [0.15, 0.2) is 0 Å². The lowest BCUT2D eigenvalue weighted by Crippen LogP contribution is -2.14. The molecular formula is C23H29FO. The molecule has 1 nitrogen and oxygen atoms in total. The highest BCUT2D eigenvalue weighted by Gasteiger charge is 2.22. The molecule has 1 aliphatic rings. The zero-order valence-corrected chi connectivity index (χ0v) is 15.4. The lowest BCUT2D eigenvalue weighted by molar-refractivity contribution is 0.180. The van der Waals surface area contributed by atoms with E-state index in [1.807, 2.05) is 30.3 Å². The summed E-state index contributed by atoms with van der Waals surface area (Å²) in [5, 5.41) is 0. The first-order chi connectivity index (χ1) is 12.2. The van der Waals surface area contributed by atoms with Crippen molar-refractivity contribution in [3.05, 3.63) is 59.4 Å². The van der Waals surface area contributed by atoms with Crippen molar-refractivity contribution < 1.29 is 9.13 Å². The quantitative estimate of drug-likeness (QED) is 0.545. The zero-order chi connectivity index (χ0) is 17.6. The molecule has 134 valence electrons. The minimum atomic E-state index is -0.0939. The van der Waals surface area contributed by atoms with Gasteiger partial charge >= 0.3 is 0 Å². The van der Waals surface area contributed by atoms with E-state index in [0.717, 1.165) is 24.5 Å². The minimum Gasteiger partial charge on any atom is -0.385 e. The lowest BCUT2D eigenvalue weighted by atomic mass is 9.77. The van der Waals surface area contributed by atoms with Crippen LogP contribution in [0.2, 0.25) is 0 Å². The molecule has 2 aromatic carbocycles. The Morgan fingerprint density at radius 1 is 1.00 bits per heavy atom. The summed E-state index contributed by atoms with van der Waals surface area (Å²) in [6.07, 6.45) is 7.31. The highest BCUT2D eigenvalue weighted by Crippen LogP contribution is 2.38. The van der Waals surface area contributed by atoms with Crippen LogP contribution >= 0.6 is 0 Å². The smallest absolute Gasteiger partial charge is 0.131 e. The monoisotopic (exact) mass is 340 g/mol. The maximum absolute atomic E-state index is 14.7. The summed E-state index contributed by atoms with van der Waals surface area (Å²) >= 11 is 0. The first-order valence-electron chi connectivity index (χ1n) is 9.53. The van der Waals surface area contributed by atoms with Crippen LogP contribution in [0, 0.1) is 18.7 Å². The maximum atomic E-state index is 14.7. The van der Waals surface area contributed by atoms with Crippen LogP contribution in [-0.2, 0) is 4.74 Å². The largest absolute Gasteiger partial charge is 0.385 e. The van der Waals surface area contributed by atoms with E-state index in [2.05, 4.69) is 13.0 Å². The van der Waals surface area contributed by atoms with Crippen LogP contribution in [0.5, 0.6) is 0 Å². The highest BCUT2D eigenvalue weighted by molar-refractivity contribution is 5.64. The van der Waals surface area contributed by atoms with Crippen LogP contribution in [0.15, 0.2) is 42.5 Å². The fourth-order valence-corrected chi connectivity index (χ4v) is 4.05. The molecule has 1 saturated carbocycles. The highest BCUT2D eigenvalue weighted by atomic mass is 19.1. The molecular weight excluding hydrogens is 311 g/mol. The summed E-state index contributed by atoms with van der Waals surface area (Å²) < 4.78 is 19.8. The average molecular weight is 340 g/mol.